The highest BCUT2D eigenvalue weighted by atomic mass is 16.5. The Morgan fingerprint density at radius 1 is 1.07 bits per heavy atom. The van der Waals surface area contributed by atoms with Gasteiger partial charge in [-0.05, 0) is 56.0 Å². The molecule has 29 heavy (non-hydrogen) atoms. The van der Waals surface area contributed by atoms with E-state index in [4.69, 9.17) is 4.74 Å². The largest absolute Gasteiger partial charge is 0.494 e. The van der Waals surface area contributed by atoms with E-state index in [1.807, 2.05) is 61.5 Å². The number of aryl methyl sites for hydroxylation is 1. The van der Waals surface area contributed by atoms with Crippen LogP contribution in [0.2, 0.25) is 0 Å². The molecule has 0 bridgehead atoms. The van der Waals surface area contributed by atoms with Gasteiger partial charge < -0.3 is 20.3 Å². The Morgan fingerprint density at radius 2 is 1.83 bits per heavy atom. The van der Waals surface area contributed by atoms with E-state index in [0.717, 1.165) is 29.8 Å². The number of nitrogens with zero attached hydrogens (tertiary/aromatic N) is 1. The van der Waals surface area contributed by atoms with E-state index >= 15 is 0 Å². The number of carbonyl (C=O) groups excluding carboxylic acids is 2. The van der Waals surface area contributed by atoms with Gasteiger partial charge in [-0.25, -0.2) is 4.79 Å². The monoisotopic (exact) mass is 395 g/mol. The van der Waals surface area contributed by atoms with Crippen LogP contribution in [-0.2, 0) is 4.79 Å². The number of hydrogen-bond acceptors (Lipinski definition) is 3. The first-order valence-electron chi connectivity index (χ1n) is 10.2. The number of para-hydroxylation sites is 1. The summed E-state index contributed by atoms with van der Waals surface area (Å²) in [6.07, 6.45) is 2.67. The van der Waals surface area contributed by atoms with Crippen LogP contribution in [0.5, 0.6) is 5.75 Å². The molecule has 2 aromatic rings. The van der Waals surface area contributed by atoms with Crippen molar-refractivity contribution in [2.75, 3.05) is 25.0 Å². The van der Waals surface area contributed by atoms with Crippen LogP contribution in [0.4, 0.5) is 10.5 Å². The second kappa shape index (κ2) is 10.5. The quantitative estimate of drug-likeness (QED) is 0.697. The molecule has 2 N–H and O–H groups in total. The highest BCUT2D eigenvalue weighted by Gasteiger charge is 2.23. The Labute approximate surface area is 172 Å². The maximum Gasteiger partial charge on any atom is 0.321 e. The molecular weight excluding hydrogens is 366 g/mol. The summed E-state index contributed by atoms with van der Waals surface area (Å²) in [6, 6.07) is 17.4. The van der Waals surface area contributed by atoms with Gasteiger partial charge in [-0.3, -0.25) is 4.79 Å². The fourth-order valence-electron chi connectivity index (χ4n) is 3.38. The van der Waals surface area contributed by atoms with Gasteiger partial charge >= 0.3 is 6.03 Å². The molecule has 0 unspecified atom stereocenters. The molecular formula is C23H29N3O3. The van der Waals surface area contributed by atoms with Crippen molar-refractivity contribution in [2.45, 2.75) is 38.6 Å². The van der Waals surface area contributed by atoms with Crippen LogP contribution in [0.25, 0.3) is 0 Å². The highest BCUT2D eigenvalue weighted by Crippen LogP contribution is 2.14. The minimum absolute atomic E-state index is 0.0463. The van der Waals surface area contributed by atoms with E-state index in [2.05, 4.69) is 10.6 Å². The first-order chi connectivity index (χ1) is 14.1. The third-order valence-corrected chi connectivity index (χ3v) is 4.98. The van der Waals surface area contributed by atoms with Gasteiger partial charge in [0.1, 0.15) is 5.75 Å². The summed E-state index contributed by atoms with van der Waals surface area (Å²) in [5.74, 6) is 0.886. The fraction of sp³-hybridized carbons (Fsp3) is 0.391. The lowest BCUT2D eigenvalue weighted by Crippen LogP contribution is -2.47. The SMILES string of the molecule is Cc1cccc(OCCCC(=O)NC2CCN(C(=O)Nc3ccccc3)CC2)c1. The van der Waals surface area contributed by atoms with Crippen molar-refractivity contribution in [3.05, 3.63) is 60.2 Å². The number of carbonyl (C=O) groups is 2. The third kappa shape index (κ3) is 6.82. The van der Waals surface area contributed by atoms with Crippen molar-refractivity contribution in [3.63, 3.8) is 0 Å². The molecule has 1 heterocycles. The number of amides is 3. The van der Waals surface area contributed by atoms with E-state index < -0.39 is 0 Å². The summed E-state index contributed by atoms with van der Waals surface area (Å²) in [7, 11) is 0. The molecule has 0 saturated carbocycles. The van der Waals surface area contributed by atoms with Crippen molar-refractivity contribution in [1.82, 2.24) is 10.2 Å². The Balaban J connectivity index is 1.30. The van der Waals surface area contributed by atoms with Gasteiger partial charge in [0.15, 0.2) is 0 Å². The topological polar surface area (TPSA) is 70.7 Å². The summed E-state index contributed by atoms with van der Waals surface area (Å²) in [4.78, 5) is 26.3. The first kappa shape index (κ1) is 20.7. The molecule has 6 nitrogen and oxygen atoms in total. The van der Waals surface area contributed by atoms with Gasteiger partial charge in [0.25, 0.3) is 0 Å². The van der Waals surface area contributed by atoms with Crippen molar-refractivity contribution in [1.29, 1.82) is 0 Å². The van der Waals surface area contributed by atoms with E-state index in [0.29, 0.717) is 32.5 Å². The second-order valence-corrected chi connectivity index (χ2v) is 7.39. The minimum atomic E-state index is -0.0886. The maximum absolute atomic E-state index is 12.3. The van der Waals surface area contributed by atoms with Crippen molar-refractivity contribution >= 4 is 17.6 Å². The molecule has 154 valence electrons. The minimum Gasteiger partial charge on any atom is -0.494 e. The number of urea groups is 1. The number of rotatable bonds is 7. The van der Waals surface area contributed by atoms with Crippen LogP contribution in [-0.4, -0.2) is 42.6 Å². The molecule has 0 spiro atoms. The van der Waals surface area contributed by atoms with Gasteiger partial charge in [0, 0.05) is 31.2 Å². The molecule has 0 atom stereocenters. The highest BCUT2D eigenvalue weighted by molar-refractivity contribution is 5.89. The molecule has 3 amide bonds. The first-order valence-corrected chi connectivity index (χ1v) is 10.2. The molecule has 0 aliphatic carbocycles. The zero-order valence-electron chi connectivity index (χ0n) is 16.9. The van der Waals surface area contributed by atoms with Crippen molar-refractivity contribution in [3.8, 4) is 5.75 Å². The van der Waals surface area contributed by atoms with E-state index in [1.165, 1.54) is 0 Å². The van der Waals surface area contributed by atoms with Crippen LogP contribution >= 0.6 is 0 Å². The summed E-state index contributed by atoms with van der Waals surface area (Å²) in [5.41, 5.74) is 1.95. The van der Waals surface area contributed by atoms with Gasteiger partial charge in [0.2, 0.25) is 5.91 Å². The normalized spacial score (nSPS) is 14.3. The van der Waals surface area contributed by atoms with Gasteiger partial charge in [-0.2, -0.15) is 0 Å². The Kier molecular flexibility index (Phi) is 7.50. The average Bonchev–Trinajstić information content (AvgIpc) is 2.72. The molecule has 3 rings (SSSR count). The van der Waals surface area contributed by atoms with Gasteiger partial charge in [0.05, 0.1) is 6.61 Å². The molecule has 2 aromatic carbocycles. The standard InChI is InChI=1S/C23H29N3O3/c1-18-7-5-10-21(17-18)29-16-6-11-22(27)24-20-12-14-26(15-13-20)23(28)25-19-8-3-2-4-9-19/h2-5,7-10,17,20H,6,11-16H2,1H3,(H,24,27)(H,25,28). The van der Waals surface area contributed by atoms with Crippen molar-refractivity contribution < 1.29 is 14.3 Å². The smallest absolute Gasteiger partial charge is 0.321 e. The second-order valence-electron chi connectivity index (χ2n) is 7.39. The Morgan fingerprint density at radius 3 is 2.55 bits per heavy atom. The zero-order valence-corrected chi connectivity index (χ0v) is 16.9. The van der Waals surface area contributed by atoms with E-state index in [1.54, 1.807) is 4.90 Å². The number of piperidine rings is 1. The van der Waals surface area contributed by atoms with Crippen LogP contribution in [0.3, 0.4) is 0 Å². The molecule has 1 saturated heterocycles. The fourth-order valence-corrected chi connectivity index (χ4v) is 3.38. The summed E-state index contributed by atoms with van der Waals surface area (Å²) in [5, 5.41) is 5.99. The molecule has 0 aromatic heterocycles. The number of ether oxygens (including phenoxy) is 1. The van der Waals surface area contributed by atoms with Crippen LogP contribution in [0, 0.1) is 6.92 Å². The molecule has 1 aliphatic heterocycles. The average molecular weight is 396 g/mol. The van der Waals surface area contributed by atoms with Crippen LogP contribution in [0.1, 0.15) is 31.2 Å². The molecule has 1 aliphatic rings. The Bertz CT molecular complexity index is 802. The van der Waals surface area contributed by atoms with E-state index in [9.17, 15) is 9.59 Å². The predicted molar refractivity (Wildman–Crippen MR) is 114 cm³/mol. The lowest BCUT2D eigenvalue weighted by Gasteiger charge is -2.32. The number of anilines is 1. The van der Waals surface area contributed by atoms with Crippen LogP contribution in [0.15, 0.2) is 54.6 Å². The van der Waals surface area contributed by atoms with Gasteiger partial charge in [-0.15, -0.1) is 0 Å². The maximum atomic E-state index is 12.3. The van der Waals surface area contributed by atoms with Gasteiger partial charge in [-0.1, -0.05) is 30.3 Å². The number of nitrogens with one attached hydrogen (secondary N) is 2. The Hall–Kier alpha value is -3.02. The molecule has 1 fully saturated rings. The van der Waals surface area contributed by atoms with Crippen molar-refractivity contribution in [2.24, 2.45) is 0 Å². The number of hydrogen-bond donors (Lipinski definition) is 2. The summed E-state index contributed by atoms with van der Waals surface area (Å²) < 4.78 is 5.69. The summed E-state index contributed by atoms with van der Waals surface area (Å²) >= 11 is 0. The van der Waals surface area contributed by atoms with E-state index in [-0.39, 0.29) is 18.0 Å². The lowest BCUT2D eigenvalue weighted by molar-refractivity contribution is -0.122. The molecule has 6 heteroatoms. The zero-order chi connectivity index (χ0) is 20.5. The molecule has 0 radical (unpaired) electrons. The predicted octanol–water partition coefficient (Wildman–Crippen LogP) is 3.97. The summed E-state index contributed by atoms with van der Waals surface area (Å²) in [6.45, 7) is 3.83. The number of benzene rings is 2. The lowest BCUT2D eigenvalue weighted by atomic mass is 10.1. The third-order valence-electron chi connectivity index (χ3n) is 4.98. The van der Waals surface area contributed by atoms with Crippen LogP contribution < -0.4 is 15.4 Å². The number of likely N-dealkylation sites (tertiary alicyclic amines) is 1.